The number of allylic oxidation sites excluding steroid dienone is 4. The summed E-state index contributed by atoms with van der Waals surface area (Å²) in [5.41, 5.74) is 0. The van der Waals surface area contributed by atoms with E-state index in [2.05, 4.69) is 19.1 Å². The Morgan fingerprint density at radius 2 is 1.81 bits per heavy atom. The van der Waals surface area contributed by atoms with Gasteiger partial charge in [0.1, 0.15) is 5.78 Å². The van der Waals surface area contributed by atoms with Gasteiger partial charge in [0.25, 0.3) is 0 Å². The number of aliphatic carboxylic acids is 1. The molecule has 2 saturated heterocycles. The van der Waals surface area contributed by atoms with Gasteiger partial charge in [-0.3, -0.25) is 4.79 Å². The van der Waals surface area contributed by atoms with E-state index in [4.69, 9.17) is 24.1 Å². The van der Waals surface area contributed by atoms with Crippen molar-refractivity contribution < 1.29 is 33.6 Å². The number of unbranched alkanes of at least 4 members (excludes halogenated alkanes) is 2. The molecule has 0 spiro atoms. The van der Waals surface area contributed by atoms with Crippen LogP contribution in [0.25, 0.3) is 0 Å². The van der Waals surface area contributed by atoms with Crippen LogP contribution in [0.4, 0.5) is 0 Å². The summed E-state index contributed by atoms with van der Waals surface area (Å²) in [6.07, 6.45) is 22.3. The van der Waals surface area contributed by atoms with Crippen LogP contribution in [0, 0.1) is 11.8 Å². The molecule has 0 radical (unpaired) electrons. The van der Waals surface area contributed by atoms with Crippen LogP contribution < -0.4 is 0 Å². The van der Waals surface area contributed by atoms with Crippen LogP contribution >= 0.6 is 0 Å². The lowest BCUT2D eigenvalue weighted by atomic mass is 9.89. The number of hydrogen-bond donors (Lipinski definition) is 1. The number of carbonyl (C=O) groups excluding carboxylic acids is 1. The number of rotatable bonds is 15. The van der Waals surface area contributed by atoms with Gasteiger partial charge in [-0.1, -0.05) is 56.6 Å². The summed E-state index contributed by atoms with van der Waals surface area (Å²) >= 11 is 0. The van der Waals surface area contributed by atoms with Crippen LogP contribution in [0.2, 0.25) is 0 Å². The highest BCUT2D eigenvalue weighted by Crippen LogP contribution is 2.37. The Labute approximate surface area is 222 Å². The number of ether oxygens (including phenoxy) is 4. The average Bonchev–Trinajstić information content (AvgIpc) is 3.19. The number of carbonyl (C=O) groups is 2. The van der Waals surface area contributed by atoms with Crippen molar-refractivity contribution in [2.45, 2.75) is 115 Å². The molecule has 1 N–H and O–H groups in total. The molecule has 3 fully saturated rings. The molecule has 2 aliphatic heterocycles. The number of ketones is 1. The van der Waals surface area contributed by atoms with Crippen molar-refractivity contribution in [3.05, 3.63) is 36.5 Å². The number of carboxylic acids is 1. The van der Waals surface area contributed by atoms with Crippen molar-refractivity contribution in [2.24, 2.45) is 11.8 Å². The van der Waals surface area contributed by atoms with Crippen LogP contribution in [-0.2, 0) is 28.5 Å². The molecule has 0 bridgehead atoms. The third kappa shape index (κ3) is 10.8. The van der Waals surface area contributed by atoms with Gasteiger partial charge >= 0.3 is 5.97 Å². The zero-order valence-electron chi connectivity index (χ0n) is 22.4. The Morgan fingerprint density at radius 1 is 1.05 bits per heavy atom. The summed E-state index contributed by atoms with van der Waals surface area (Å²) in [4.78, 5) is 23.9. The Hall–Kier alpha value is -1.80. The molecule has 2 heterocycles. The molecule has 0 amide bonds. The zero-order valence-corrected chi connectivity index (χ0v) is 22.4. The van der Waals surface area contributed by atoms with Crippen LogP contribution in [0.5, 0.6) is 0 Å². The molecule has 6 atom stereocenters. The largest absolute Gasteiger partial charge is 0.478 e. The van der Waals surface area contributed by atoms with E-state index in [0.717, 1.165) is 76.9 Å². The highest BCUT2D eigenvalue weighted by molar-refractivity contribution is 5.86. The molecule has 7 nitrogen and oxygen atoms in total. The van der Waals surface area contributed by atoms with Crippen LogP contribution in [0.1, 0.15) is 90.4 Å². The minimum Gasteiger partial charge on any atom is -0.478 e. The highest BCUT2D eigenvalue weighted by atomic mass is 16.7. The fraction of sp³-hybridized carbons (Fsp3) is 0.733. The molecular weight excluding hydrogens is 472 g/mol. The highest BCUT2D eigenvalue weighted by Gasteiger charge is 2.42. The molecule has 2 unspecified atom stereocenters. The lowest BCUT2D eigenvalue weighted by Gasteiger charge is -2.29. The second-order valence-corrected chi connectivity index (χ2v) is 10.4. The first kappa shape index (κ1) is 29.8. The quantitative estimate of drug-likeness (QED) is 0.158. The molecule has 1 saturated carbocycles. The lowest BCUT2D eigenvalue weighted by Crippen LogP contribution is -2.31. The van der Waals surface area contributed by atoms with E-state index in [0.29, 0.717) is 25.9 Å². The predicted molar refractivity (Wildman–Crippen MR) is 142 cm³/mol. The van der Waals surface area contributed by atoms with E-state index in [1.54, 1.807) is 6.08 Å². The monoisotopic (exact) mass is 518 g/mol. The SMILES string of the molecule is CCCCC[C@@H](C=C[C@H]1C(=O)C[C@H](OC2CCCCO2)[C@@H]1CC=CCC=CC(=O)O)OC1CCCCO1. The summed E-state index contributed by atoms with van der Waals surface area (Å²) in [5, 5.41) is 8.77. The topological polar surface area (TPSA) is 91.3 Å². The molecule has 3 aliphatic rings. The van der Waals surface area contributed by atoms with Gasteiger partial charge in [-0.05, 0) is 57.8 Å². The maximum absolute atomic E-state index is 13.2. The average molecular weight is 519 g/mol. The minimum atomic E-state index is -0.949. The van der Waals surface area contributed by atoms with Crippen LogP contribution in [0.15, 0.2) is 36.5 Å². The van der Waals surface area contributed by atoms with Gasteiger partial charge in [-0.25, -0.2) is 4.79 Å². The van der Waals surface area contributed by atoms with Crippen LogP contribution in [0.3, 0.4) is 0 Å². The van der Waals surface area contributed by atoms with E-state index in [1.807, 2.05) is 12.2 Å². The van der Waals surface area contributed by atoms with Gasteiger partial charge < -0.3 is 24.1 Å². The maximum atomic E-state index is 13.2. The van der Waals surface area contributed by atoms with Crippen molar-refractivity contribution in [3.8, 4) is 0 Å². The Balaban J connectivity index is 1.67. The second kappa shape index (κ2) is 16.9. The van der Waals surface area contributed by atoms with E-state index in [1.165, 1.54) is 0 Å². The Bertz CT molecular complexity index is 762. The van der Waals surface area contributed by atoms with Gasteiger partial charge in [-0.2, -0.15) is 0 Å². The first-order valence-corrected chi connectivity index (χ1v) is 14.4. The molecular formula is C30H46O7. The van der Waals surface area contributed by atoms with E-state index in [-0.39, 0.29) is 42.4 Å². The van der Waals surface area contributed by atoms with Crippen molar-refractivity contribution in [2.75, 3.05) is 13.2 Å². The first-order valence-electron chi connectivity index (χ1n) is 14.4. The van der Waals surface area contributed by atoms with Crippen molar-refractivity contribution in [1.82, 2.24) is 0 Å². The van der Waals surface area contributed by atoms with Gasteiger partial charge in [0.15, 0.2) is 12.6 Å². The van der Waals surface area contributed by atoms with Gasteiger partial charge in [0.2, 0.25) is 0 Å². The zero-order chi connectivity index (χ0) is 26.3. The number of Topliss-reactive ketones (excluding diaryl/α,β-unsaturated/α-hetero) is 1. The normalized spacial score (nSPS) is 30.1. The molecule has 208 valence electrons. The summed E-state index contributed by atoms with van der Waals surface area (Å²) in [7, 11) is 0. The summed E-state index contributed by atoms with van der Waals surface area (Å²) in [5.74, 6) is -0.980. The Morgan fingerprint density at radius 3 is 2.49 bits per heavy atom. The maximum Gasteiger partial charge on any atom is 0.327 e. The van der Waals surface area contributed by atoms with Gasteiger partial charge in [-0.15, -0.1) is 0 Å². The van der Waals surface area contributed by atoms with E-state index >= 15 is 0 Å². The van der Waals surface area contributed by atoms with Crippen molar-refractivity contribution in [1.29, 1.82) is 0 Å². The number of carboxylic acid groups (broad SMARTS) is 1. The van der Waals surface area contributed by atoms with Crippen LogP contribution in [-0.4, -0.2) is 54.9 Å². The third-order valence-electron chi connectivity index (χ3n) is 7.37. The summed E-state index contributed by atoms with van der Waals surface area (Å²) in [6.45, 7) is 3.64. The summed E-state index contributed by atoms with van der Waals surface area (Å²) in [6, 6.07) is 0. The van der Waals surface area contributed by atoms with Crippen molar-refractivity contribution in [3.63, 3.8) is 0 Å². The molecule has 0 aromatic heterocycles. The fourth-order valence-electron chi connectivity index (χ4n) is 5.33. The van der Waals surface area contributed by atoms with E-state index < -0.39 is 5.97 Å². The standard InChI is InChI=1S/C30H46O7/c1-2-3-6-13-23(36-29-16-9-11-20-34-29)18-19-24-25(14-7-4-5-8-15-28(32)33)27(22-26(24)31)37-30-17-10-12-21-35-30/h4,7-8,15,18-19,23-25,27,29-30H,2-3,5-6,9-14,16-17,20-22H2,1H3,(H,32,33)/t23-,24+,25+,27-,29?,30?/m0/s1. The minimum absolute atomic E-state index is 0.0104. The molecule has 1 aliphatic carbocycles. The first-order chi connectivity index (χ1) is 18.1. The van der Waals surface area contributed by atoms with E-state index in [9.17, 15) is 9.59 Å². The molecule has 0 aromatic rings. The lowest BCUT2D eigenvalue weighted by molar-refractivity contribution is -0.195. The number of hydrogen-bond acceptors (Lipinski definition) is 6. The van der Waals surface area contributed by atoms with Gasteiger partial charge in [0, 0.05) is 37.5 Å². The third-order valence-corrected chi connectivity index (χ3v) is 7.37. The molecule has 37 heavy (non-hydrogen) atoms. The fourth-order valence-corrected chi connectivity index (χ4v) is 5.33. The predicted octanol–water partition coefficient (Wildman–Crippen LogP) is 6.13. The molecule has 3 rings (SSSR count). The van der Waals surface area contributed by atoms with Gasteiger partial charge in [0.05, 0.1) is 12.2 Å². The second-order valence-electron chi connectivity index (χ2n) is 10.4. The summed E-state index contributed by atoms with van der Waals surface area (Å²) < 4.78 is 24.3. The Kier molecular flexibility index (Phi) is 13.6. The molecule has 7 heteroatoms. The van der Waals surface area contributed by atoms with Crippen molar-refractivity contribution >= 4 is 11.8 Å². The molecule has 0 aromatic carbocycles. The smallest absolute Gasteiger partial charge is 0.327 e.